The van der Waals surface area contributed by atoms with E-state index in [2.05, 4.69) is 0 Å². The Labute approximate surface area is 130 Å². The molecule has 6 heteroatoms. The van der Waals surface area contributed by atoms with Crippen molar-refractivity contribution in [3.63, 3.8) is 0 Å². The van der Waals surface area contributed by atoms with E-state index in [9.17, 15) is 9.90 Å². The number of cyclic esters (lactones) is 1. The number of rotatable bonds is 7. The molecule has 0 bridgehead atoms. The third kappa shape index (κ3) is 4.61. The minimum Gasteiger partial charge on any atom is -0.493 e. The van der Waals surface area contributed by atoms with Crippen LogP contribution in [0, 0.1) is 0 Å². The van der Waals surface area contributed by atoms with Crippen LogP contribution >= 0.6 is 0 Å². The number of carbonyl (C=O) groups excluding carboxylic acids is 1. The molecule has 1 aromatic carbocycles. The van der Waals surface area contributed by atoms with Gasteiger partial charge in [-0.1, -0.05) is 0 Å². The lowest BCUT2D eigenvalue weighted by atomic mass is 10.1. The Kier molecular flexibility index (Phi) is 5.26. The minimum absolute atomic E-state index is 0.236. The smallest absolute Gasteiger partial charge is 0.414 e. The standard InChI is InChI=1S/C16H23NO5/c1-16(2,19)8-9-21-13-6-4-12(5-7-13)17-10-14(11-20-3)22-15(17)18/h4-7,14,19H,8-11H2,1-3H3. The van der Waals surface area contributed by atoms with Gasteiger partial charge in [-0.15, -0.1) is 0 Å². The first-order chi connectivity index (χ1) is 10.4. The molecular weight excluding hydrogens is 286 g/mol. The summed E-state index contributed by atoms with van der Waals surface area (Å²) >= 11 is 0. The maximum Gasteiger partial charge on any atom is 0.414 e. The number of hydrogen-bond donors (Lipinski definition) is 1. The highest BCUT2D eigenvalue weighted by Crippen LogP contribution is 2.24. The molecule has 6 nitrogen and oxygen atoms in total. The van der Waals surface area contributed by atoms with Gasteiger partial charge in [0.05, 0.1) is 25.4 Å². The second-order valence-electron chi connectivity index (χ2n) is 5.98. The summed E-state index contributed by atoms with van der Waals surface area (Å²) in [6.45, 7) is 4.79. The fourth-order valence-corrected chi connectivity index (χ4v) is 2.15. The minimum atomic E-state index is -0.740. The molecule has 0 radical (unpaired) electrons. The maximum absolute atomic E-state index is 11.8. The summed E-state index contributed by atoms with van der Waals surface area (Å²) in [5.41, 5.74) is 0.0220. The third-order valence-electron chi connectivity index (χ3n) is 3.36. The van der Waals surface area contributed by atoms with E-state index in [1.165, 1.54) is 0 Å². The molecule has 1 fully saturated rings. The molecule has 1 atom stereocenters. The van der Waals surface area contributed by atoms with Crippen molar-refractivity contribution in [1.29, 1.82) is 0 Å². The number of anilines is 1. The van der Waals surface area contributed by atoms with E-state index >= 15 is 0 Å². The van der Waals surface area contributed by atoms with Gasteiger partial charge in [0.2, 0.25) is 0 Å². The number of ether oxygens (including phenoxy) is 3. The zero-order chi connectivity index (χ0) is 16.2. The van der Waals surface area contributed by atoms with Crippen LogP contribution in [0.4, 0.5) is 10.5 Å². The van der Waals surface area contributed by atoms with E-state index in [4.69, 9.17) is 14.2 Å². The molecule has 0 saturated carbocycles. The molecule has 122 valence electrons. The van der Waals surface area contributed by atoms with Crippen LogP contribution in [0.1, 0.15) is 20.3 Å². The van der Waals surface area contributed by atoms with Crippen molar-refractivity contribution in [3.8, 4) is 5.75 Å². The Morgan fingerprint density at radius 3 is 2.64 bits per heavy atom. The number of nitrogens with zero attached hydrogens (tertiary/aromatic N) is 1. The molecule has 1 aromatic rings. The van der Waals surface area contributed by atoms with Gasteiger partial charge in [-0.2, -0.15) is 0 Å². The fraction of sp³-hybridized carbons (Fsp3) is 0.562. The van der Waals surface area contributed by atoms with Gasteiger partial charge in [-0.3, -0.25) is 4.90 Å². The molecule has 0 spiro atoms. The first-order valence-corrected chi connectivity index (χ1v) is 7.31. The Bertz CT molecular complexity index is 494. The van der Waals surface area contributed by atoms with Crippen LogP contribution in [0.5, 0.6) is 5.75 Å². The number of amides is 1. The molecule has 1 aliphatic heterocycles. The maximum atomic E-state index is 11.8. The van der Waals surface area contributed by atoms with Crippen molar-refractivity contribution >= 4 is 11.8 Å². The molecule has 1 amide bonds. The van der Waals surface area contributed by atoms with Crippen LogP contribution in [-0.4, -0.2) is 49.8 Å². The monoisotopic (exact) mass is 309 g/mol. The fourth-order valence-electron chi connectivity index (χ4n) is 2.15. The summed E-state index contributed by atoms with van der Waals surface area (Å²) in [4.78, 5) is 13.4. The summed E-state index contributed by atoms with van der Waals surface area (Å²) in [7, 11) is 1.58. The molecule has 0 aliphatic carbocycles. The number of methoxy groups -OCH3 is 1. The van der Waals surface area contributed by atoms with Crippen molar-refractivity contribution in [2.75, 3.05) is 31.8 Å². The van der Waals surface area contributed by atoms with Crippen LogP contribution in [0.3, 0.4) is 0 Å². The van der Waals surface area contributed by atoms with Crippen molar-refractivity contribution in [1.82, 2.24) is 0 Å². The molecular formula is C16H23NO5. The molecule has 1 unspecified atom stereocenters. The lowest BCUT2D eigenvalue weighted by Crippen LogP contribution is -2.25. The van der Waals surface area contributed by atoms with Crippen LogP contribution in [0.15, 0.2) is 24.3 Å². The van der Waals surface area contributed by atoms with Gasteiger partial charge in [0.1, 0.15) is 11.9 Å². The van der Waals surface area contributed by atoms with E-state index in [0.717, 1.165) is 5.69 Å². The van der Waals surface area contributed by atoms with Crippen LogP contribution < -0.4 is 9.64 Å². The molecule has 22 heavy (non-hydrogen) atoms. The molecule has 2 rings (SSSR count). The molecule has 1 heterocycles. The first kappa shape index (κ1) is 16.6. The number of aliphatic hydroxyl groups is 1. The van der Waals surface area contributed by atoms with Crippen LogP contribution in [-0.2, 0) is 9.47 Å². The largest absolute Gasteiger partial charge is 0.493 e. The molecule has 0 aromatic heterocycles. The molecule has 1 N–H and O–H groups in total. The predicted octanol–water partition coefficient (Wildman–Crippen LogP) is 2.20. The van der Waals surface area contributed by atoms with Gasteiger partial charge in [0, 0.05) is 19.2 Å². The summed E-state index contributed by atoms with van der Waals surface area (Å²) in [6, 6.07) is 7.24. The van der Waals surface area contributed by atoms with Crippen molar-refractivity contribution in [2.24, 2.45) is 0 Å². The lowest BCUT2D eigenvalue weighted by molar-refractivity contribution is 0.0553. The zero-order valence-electron chi connectivity index (χ0n) is 13.2. The predicted molar refractivity (Wildman–Crippen MR) is 82.3 cm³/mol. The van der Waals surface area contributed by atoms with Crippen LogP contribution in [0.2, 0.25) is 0 Å². The molecule has 1 aliphatic rings. The van der Waals surface area contributed by atoms with Gasteiger partial charge in [0.25, 0.3) is 0 Å². The van der Waals surface area contributed by atoms with Crippen molar-refractivity contribution in [2.45, 2.75) is 32.0 Å². The molecule has 1 saturated heterocycles. The van der Waals surface area contributed by atoms with Gasteiger partial charge in [-0.05, 0) is 38.1 Å². The van der Waals surface area contributed by atoms with E-state index in [1.54, 1.807) is 38.0 Å². The first-order valence-electron chi connectivity index (χ1n) is 7.31. The number of hydrogen-bond acceptors (Lipinski definition) is 5. The second kappa shape index (κ2) is 6.98. The summed E-state index contributed by atoms with van der Waals surface area (Å²) in [5.74, 6) is 0.703. The highest BCUT2D eigenvalue weighted by atomic mass is 16.6. The highest BCUT2D eigenvalue weighted by Gasteiger charge is 2.32. The van der Waals surface area contributed by atoms with Gasteiger partial charge in [0.15, 0.2) is 0 Å². The average molecular weight is 309 g/mol. The SMILES string of the molecule is COCC1CN(c2ccc(OCCC(C)(C)O)cc2)C(=O)O1. The topological polar surface area (TPSA) is 68.2 Å². The Morgan fingerprint density at radius 2 is 2.05 bits per heavy atom. The zero-order valence-corrected chi connectivity index (χ0v) is 13.2. The summed E-state index contributed by atoms with van der Waals surface area (Å²) in [6.07, 6.45) is -0.0516. The second-order valence-corrected chi connectivity index (χ2v) is 5.98. The Morgan fingerprint density at radius 1 is 1.36 bits per heavy atom. The Balaban J connectivity index is 1.90. The van der Waals surface area contributed by atoms with Crippen molar-refractivity contribution in [3.05, 3.63) is 24.3 Å². The normalized spacial score (nSPS) is 18.5. The number of carbonyl (C=O) groups is 1. The van der Waals surface area contributed by atoms with E-state index in [1.807, 2.05) is 12.1 Å². The number of benzene rings is 1. The van der Waals surface area contributed by atoms with Crippen LogP contribution in [0.25, 0.3) is 0 Å². The van der Waals surface area contributed by atoms with E-state index in [-0.39, 0.29) is 12.2 Å². The lowest BCUT2D eigenvalue weighted by Gasteiger charge is -2.17. The van der Waals surface area contributed by atoms with E-state index in [0.29, 0.717) is 31.9 Å². The van der Waals surface area contributed by atoms with Gasteiger partial charge < -0.3 is 19.3 Å². The van der Waals surface area contributed by atoms with Crippen molar-refractivity contribution < 1.29 is 24.1 Å². The quantitative estimate of drug-likeness (QED) is 0.836. The summed E-state index contributed by atoms with van der Waals surface area (Å²) < 4.78 is 15.8. The van der Waals surface area contributed by atoms with E-state index < -0.39 is 5.60 Å². The Hall–Kier alpha value is -1.79. The third-order valence-corrected chi connectivity index (χ3v) is 3.36. The summed E-state index contributed by atoms with van der Waals surface area (Å²) in [5, 5.41) is 9.63. The highest BCUT2D eigenvalue weighted by molar-refractivity contribution is 5.89. The van der Waals surface area contributed by atoms with Gasteiger partial charge >= 0.3 is 6.09 Å². The average Bonchev–Trinajstić information content (AvgIpc) is 2.79. The van der Waals surface area contributed by atoms with Gasteiger partial charge in [-0.25, -0.2) is 4.79 Å².